The SMILES string of the molecule is CCOc1ncnc(NCCc2ccccc2OC)c1N. The van der Waals surface area contributed by atoms with E-state index in [1.165, 1.54) is 6.33 Å². The Kier molecular flexibility index (Phi) is 5.20. The highest BCUT2D eigenvalue weighted by Gasteiger charge is 2.08. The van der Waals surface area contributed by atoms with E-state index in [4.69, 9.17) is 15.2 Å². The Hall–Kier alpha value is -2.50. The minimum atomic E-state index is 0.410. The number of nitrogen functional groups attached to an aromatic ring is 1. The van der Waals surface area contributed by atoms with E-state index in [0.29, 0.717) is 30.5 Å². The van der Waals surface area contributed by atoms with Crippen molar-refractivity contribution in [1.29, 1.82) is 0 Å². The monoisotopic (exact) mass is 288 g/mol. The molecule has 21 heavy (non-hydrogen) atoms. The summed E-state index contributed by atoms with van der Waals surface area (Å²) in [6.07, 6.45) is 2.24. The molecular formula is C15H20N4O2. The summed E-state index contributed by atoms with van der Waals surface area (Å²) in [5.74, 6) is 1.88. The lowest BCUT2D eigenvalue weighted by molar-refractivity contribution is 0.328. The molecule has 0 saturated carbocycles. The van der Waals surface area contributed by atoms with Gasteiger partial charge >= 0.3 is 0 Å². The number of hydrogen-bond donors (Lipinski definition) is 2. The number of anilines is 2. The molecular weight excluding hydrogens is 268 g/mol. The van der Waals surface area contributed by atoms with Gasteiger partial charge in [-0.05, 0) is 25.0 Å². The second-order valence-electron chi connectivity index (χ2n) is 4.36. The molecule has 0 atom stereocenters. The van der Waals surface area contributed by atoms with Crippen molar-refractivity contribution in [3.63, 3.8) is 0 Å². The summed E-state index contributed by atoms with van der Waals surface area (Å²) in [4.78, 5) is 8.14. The summed E-state index contributed by atoms with van der Waals surface area (Å²) in [5.41, 5.74) is 7.53. The first-order valence-corrected chi connectivity index (χ1v) is 6.85. The molecule has 6 heteroatoms. The van der Waals surface area contributed by atoms with E-state index >= 15 is 0 Å². The lowest BCUT2D eigenvalue weighted by atomic mass is 10.1. The Morgan fingerprint density at radius 2 is 2.05 bits per heavy atom. The van der Waals surface area contributed by atoms with E-state index in [0.717, 1.165) is 17.7 Å². The smallest absolute Gasteiger partial charge is 0.242 e. The molecule has 6 nitrogen and oxygen atoms in total. The Labute approximate surface area is 124 Å². The number of hydrogen-bond acceptors (Lipinski definition) is 6. The van der Waals surface area contributed by atoms with Crippen molar-refractivity contribution in [2.45, 2.75) is 13.3 Å². The highest BCUT2D eigenvalue weighted by Crippen LogP contribution is 2.24. The van der Waals surface area contributed by atoms with Crippen LogP contribution in [0.2, 0.25) is 0 Å². The third-order valence-corrected chi connectivity index (χ3v) is 3.01. The van der Waals surface area contributed by atoms with E-state index in [-0.39, 0.29) is 0 Å². The van der Waals surface area contributed by atoms with Gasteiger partial charge in [0.15, 0.2) is 5.82 Å². The third-order valence-electron chi connectivity index (χ3n) is 3.01. The second-order valence-corrected chi connectivity index (χ2v) is 4.36. The van der Waals surface area contributed by atoms with Crippen LogP contribution in [0.4, 0.5) is 11.5 Å². The molecule has 2 rings (SSSR count). The van der Waals surface area contributed by atoms with Crippen LogP contribution in [0, 0.1) is 0 Å². The van der Waals surface area contributed by atoms with Crippen LogP contribution in [-0.4, -0.2) is 30.2 Å². The van der Waals surface area contributed by atoms with Crippen LogP contribution in [0.25, 0.3) is 0 Å². The Bertz CT molecular complexity index is 590. The van der Waals surface area contributed by atoms with Crippen LogP contribution in [0.1, 0.15) is 12.5 Å². The highest BCUT2D eigenvalue weighted by atomic mass is 16.5. The fraction of sp³-hybridized carbons (Fsp3) is 0.333. The van der Waals surface area contributed by atoms with Crippen LogP contribution in [0.15, 0.2) is 30.6 Å². The maximum absolute atomic E-state index is 5.97. The first kappa shape index (κ1) is 14.9. The van der Waals surface area contributed by atoms with Gasteiger partial charge < -0.3 is 20.5 Å². The molecule has 1 aromatic carbocycles. The van der Waals surface area contributed by atoms with Crippen LogP contribution < -0.4 is 20.5 Å². The van der Waals surface area contributed by atoms with Crippen molar-refractivity contribution in [3.05, 3.63) is 36.2 Å². The number of ether oxygens (including phenoxy) is 2. The van der Waals surface area contributed by atoms with E-state index in [9.17, 15) is 0 Å². The van der Waals surface area contributed by atoms with E-state index in [1.807, 2.05) is 31.2 Å². The standard InChI is InChI=1S/C15H20N4O2/c1-3-21-15-13(16)14(18-10-19-15)17-9-8-11-6-4-5-7-12(11)20-2/h4-7,10H,3,8-9,16H2,1-2H3,(H,17,18,19). The lowest BCUT2D eigenvalue weighted by Crippen LogP contribution is -2.11. The van der Waals surface area contributed by atoms with Gasteiger partial charge in [0, 0.05) is 6.54 Å². The molecule has 0 aliphatic carbocycles. The molecule has 0 radical (unpaired) electrons. The summed E-state index contributed by atoms with van der Waals surface area (Å²) in [6.45, 7) is 3.09. The Morgan fingerprint density at radius 3 is 2.81 bits per heavy atom. The number of rotatable bonds is 7. The number of nitrogens with zero attached hydrogens (tertiary/aromatic N) is 2. The van der Waals surface area contributed by atoms with E-state index < -0.39 is 0 Å². The van der Waals surface area contributed by atoms with Crippen LogP contribution in [0.3, 0.4) is 0 Å². The Balaban J connectivity index is 1.99. The molecule has 0 aliphatic rings. The van der Waals surface area contributed by atoms with Gasteiger partial charge in [-0.3, -0.25) is 0 Å². The predicted molar refractivity (Wildman–Crippen MR) is 82.8 cm³/mol. The minimum absolute atomic E-state index is 0.410. The second kappa shape index (κ2) is 7.33. The zero-order chi connectivity index (χ0) is 15.1. The average Bonchev–Trinajstić information content (AvgIpc) is 2.51. The summed E-state index contributed by atoms with van der Waals surface area (Å²) in [7, 11) is 1.67. The molecule has 2 aromatic rings. The summed E-state index contributed by atoms with van der Waals surface area (Å²) >= 11 is 0. The molecule has 0 aliphatic heterocycles. The van der Waals surface area contributed by atoms with Crippen molar-refractivity contribution in [2.24, 2.45) is 0 Å². The van der Waals surface area contributed by atoms with E-state index in [1.54, 1.807) is 7.11 Å². The number of aromatic nitrogens is 2. The van der Waals surface area contributed by atoms with Gasteiger partial charge in [0.25, 0.3) is 0 Å². The molecule has 0 amide bonds. The lowest BCUT2D eigenvalue weighted by Gasteiger charge is -2.12. The molecule has 0 saturated heterocycles. The largest absolute Gasteiger partial charge is 0.496 e. The maximum atomic E-state index is 5.97. The zero-order valence-electron chi connectivity index (χ0n) is 12.3. The molecule has 0 fully saturated rings. The molecule has 1 aromatic heterocycles. The topological polar surface area (TPSA) is 82.3 Å². The van der Waals surface area contributed by atoms with Gasteiger partial charge in [-0.25, -0.2) is 4.98 Å². The van der Waals surface area contributed by atoms with Crippen LogP contribution in [0.5, 0.6) is 11.6 Å². The molecule has 3 N–H and O–H groups in total. The number of nitrogens with one attached hydrogen (secondary N) is 1. The van der Waals surface area contributed by atoms with Crippen molar-refractivity contribution < 1.29 is 9.47 Å². The molecule has 0 spiro atoms. The van der Waals surface area contributed by atoms with Crippen LogP contribution >= 0.6 is 0 Å². The van der Waals surface area contributed by atoms with Crippen molar-refractivity contribution in [1.82, 2.24) is 9.97 Å². The highest BCUT2D eigenvalue weighted by molar-refractivity contribution is 5.66. The van der Waals surface area contributed by atoms with Crippen molar-refractivity contribution in [2.75, 3.05) is 31.3 Å². The summed E-state index contributed by atoms with van der Waals surface area (Å²) < 4.78 is 10.7. The number of benzene rings is 1. The van der Waals surface area contributed by atoms with Gasteiger partial charge in [-0.1, -0.05) is 18.2 Å². The molecule has 0 unspecified atom stereocenters. The van der Waals surface area contributed by atoms with Crippen molar-refractivity contribution >= 4 is 11.5 Å². The third kappa shape index (κ3) is 3.75. The zero-order valence-corrected chi connectivity index (χ0v) is 12.3. The fourth-order valence-electron chi connectivity index (χ4n) is 2.00. The number of nitrogens with two attached hydrogens (primary N) is 1. The fourth-order valence-corrected chi connectivity index (χ4v) is 2.00. The first-order chi connectivity index (χ1) is 10.3. The van der Waals surface area contributed by atoms with Gasteiger partial charge in [0.2, 0.25) is 5.88 Å². The summed E-state index contributed by atoms with van der Waals surface area (Å²) in [6, 6.07) is 7.92. The molecule has 1 heterocycles. The quantitative estimate of drug-likeness (QED) is 0.812. The van der Waals surface area contributed by atoms with Crippen molar-refractivity contribution in [3.8, 4) is 11.6 Å². The first-order valence-electron chi connectivity index (χ1n) is 6.85. The van der Waals surface area contributed by atoms with Gasteiger partial charge in [0.1, 0.15) is 17.8 Å². The van der Waals surface area contributed by atoms with Gasteiger partial charge in [-0.15, -0.1) is 0 Å². The normalized spacial score (nSPS) is 10.2. The number of methoxy groups -OCH3 is 1. The predicted octanol–water partition coefficient (Wildman–Crippen LogP) is 2.12. The maximum Gasteiger partial charge on any atom is 0.242 e. The van der Waals surface area contributed by atoms with Gasteiger partial charge in [0.05, 0.1) is 13.7 Å². The molecule has 0 bridgehead atoms. The number of para-hydroxylation sites is 1. The van der Waals surface area contributed by atoms with Crippen LogP contribution in [-0.2, 0) is 6.42 Å². The van der Waals surface area contributed by atoms with E-state index in [2.05, 4.69) is 15.3 Å². The Morgan fingerprint density at radius 1 is 1.24 bits per heavy atom. The molecule has 112 valence electrons. The average molecular weight is 288 g/mol. The summed E-state index contributed by atoms with van der Waals surface area (Å²) in [5, 5.41) is 3.20. The minimum Gasteiger partial charge on any atom is -0.496 e. The van der Waals surface area contributed by atoms with Gasteiger partial charge in [-0.2, -0.15) is 4.98 Å².